The Labute approximate surface area is 107 Å². The van der Waals surface area contributed by atoms with Crippen molar-refractivity contribution in [2.75, 3.05) is 25.1 Å². The molecule has 0 radical (unpaired) electrons. The summed E-state index contributed by atoms with van der Waals surface area (Å²) in [4.78, 5) is 10.5. The number of nitrogens with zero attached hydrogens (tertiary/aromatic N) is 1. The fourth-order valence-corrected chi connectivity index (χ4v) is 1.59. The van der Waals surface area contributed by atoms with Crippen LogP contribution in [0.25, 0.3) is 0 Å². The molecule has 0 atom stereocenters. The number of nitro groups is 1. The second-order valence-electron chi connectivity index (χ2n) is 4.17. The molecule has 0 aliphatic carbocycles. The second-order valence-corrected chi connectivity index (χ2v) is 4.17. The van der Waals surface area contributed by atoms with E-state index in [4.69, 9.17) is 4.74 Å². The Morgan fingerprint density at radius 2 is 2.17 bits per heavy atom. The molecule has 1 aromatic rings. The van der Waals surface area contributed by atoms with Crippen LogP contribution < -0.4 is 5.32 Å². The minimum Gasteiger partial charge on any atom is -0.381 e. The lowest BCUT2D eigenvalue weighted by Gasteiger charge is -2.08. The minimum absolute atomic E-state index is 0.129. The molecule has 0 spiro atoms. The smallest absolute Gasteiger partial charge is 0.292 e. The number of benzene rings is 1. The Morgan fingerprint density at radius 3 is 2.83 bits per heavy atom. The van der Waals surface area contributed by atoms with E-state index in [-0.39, 0.29) is 10.6 Å². The highest BCUT2D eigenvalue weighted by atomic mass is 16.6. The van der Waals surface area contributed by atoms with Gasteiger partial charge in [-0.05, 0) is 31.4 Å². The summed E-state index contributed by atoms with van der Waals surface area (Å²) in [5.41, 5.74) is 1.59. The second kappa shape index (κ2) is 7.66. The normalized spacial score (nSPS) is 10.3. The van der Waals surface area contributed by atoms with Crippen LogP contribution in [0.5, 0.6) is 0 Å². The number of hydrogen-bond donors (Lipinski definition) is 1. The van der Waals surface area contributed by atoms with Crippen LogP contribution in [0, 0.1) is 17.0 Å². The van der Waals surface area contributed by atoms with Crippen LogP contribution in [0.3, 0.4) is 0 Å². The van der Waals surface area contributed by atoms with Gasteiger partial charge >= 0.3 is 0 Å². The number of nitro benzene ring substituents is 1. The molecule has 5 nitrogen and oxygen atoms in total. The first-order valence-electron chi connectivity index (χ1n) is 6.21. The SMILES string of the molecule is CCCOCCCNc1ccc(C)cc1[N+](=O)[O-]. The maximum Gasteiger partial charge on any atom is 0.292 e. The molecule has 0 aromatic heterocycles. The molecule has 0 fully saturated rings. The topological polar surface area (TPSA) is 64.4 Å². The van der Waals surface area contributed by atoms with Crippen molar-refractivity contribution in [1.29, 1.82) is 0 Å². The first-order chi connectivity index (χ1) is 8.65. The Kier molecular flexibility index (Phi) is 6.14. The zero-order valence-corrected chi connectivity index (χ0v) is 10.9. The van der Waals surface area contributed by atoms with Gasteiger partial charge in [0.25, 0.3) is 5.69 Å². The molecule has 0 saturated carbocycles. The molecule has 0 saturated heterocycles. The van der Waals surface area contributed by atoms with E-state index in [9.17, 15) is 10.1 Å². The van der Waals surface area contributed by atoms with E-state index in [0.29, 0.717) is 18.8 Å². The van der Waals surface area contributed by atoms with Gasteiger partial charge in [0.15, 0.2) is 0 Å². The lowest BCUT2D eigenvalue weighted by molar-refractivity contribution is -0.384. The molecule has 0 amide bonds. The number of rotatable bonds is 8. The van der Waals surface area contributed by atoms with Gasteiger partial charge in [-0.2, -0.15) is 0 Å². The summed E-state index contributed by atoms with van der Waals surface area (Å²) >= 11 is 0. The van der Waals surface area contributed by atoms with E-state index >= 15 is 0 Å². The number of nitrogens with one attached hydrogen (secondary N) is 1. The fraction of sp³-hybridized carbons (Fsp3) is 0.538. The van der Waals surface area contributed by atoms with Gasteiger partial charge in [-0.3, -0.25) is 10.1 Å². The summed E-state index contributed by atoms with van der Waals surface area (Å²) in [7, 11) is 0. The standard InChI is InChI=1S/C13H20N2O3/c1-3-8-18-9-4-7-14-12-6-5-11(2)10-13(12)15(16)17/h5-6,10,14H,3-4,7-9H2,1-2H3. The molecule has 1 rings (SSSR count). The monoisotopic (exact) mass is 252 g/mol. The van der Waals surface area contributed by atoms with Crippen LogP contribution in [0.1, 0.15) is 25.3 Å². The molecule has 5 heteroatoms. The molecular formula is C13H20N2O3. The van der Waals surface area contributed by atoms with Gasteiger partial charge in [-0.25, -0.2) is 0 Å². The predicted molar refractivity (Wildman–Crippen MR) is 72.1 cm³/mol. The van der Waals surface area contributed by atoms with Gasteiger partial charge in [0.1, 0.15) is 5.69 Å². The summed E-state index contributed by atoms with van der Waals surface area (Å²) in [6, 6.07) is 5.19. The van der Waals surface area contributed by atoms with Gasteiger partial charge < -0.3 is 10.1 Å². The third kappa shape index (κ3) is 4.71. The molecule has 100 valence electrons. The highest BCUT2D eigenvalue weighted by molar-refractivity contribution is 5.62. The Balaban J connectivity index is 2.44. The van der Waals surface area contributed by atoms with Gasteiger partial charge in [0.2, 0.25) is 0 Å². The molecule has 1 aromatic carbocycles. The van der Waals surface area contributed by atoms with E-state index in [1.807, 2.05) is 13.0 Å². The average Bonchev–Trinajstić information content (AvgIpc) is 2.35. The first-order valence-corrected chi connectivity index (χ1v) is 6.21. The fourth-order valence-electron chi connectivity index (χ4n) is 1.59. The molecule has 0 bridgehead atoms. The first kappa shape index (κ1) is 14.4. The molecule has 18 heavy (non-hydrogen) atoms. The number of hydrogen-bond acceptors (Lipinski definition) is 4. The van der Waals surface area contributed by atoms with Crippen LogP contribution in [0.4, 0.5) is 11.4 Å². The number of ether oxygens (including phenoxy) is 1. The maximum absolute atomic E-state index is 10.9. The molecule has 1 N–H and O–H groups in total. The van der Waals surface area contributed by atoms with Crippen LogP contribution in [-0.2, 0) is 4.74 Å². The van der Waals surface area contributed by atoms with Crippen LogP contribution in [0.15, 0.2) is 18.2 Å². The zero-order valence-electron chi connectivity index (χ0n) is 10.9. The van der Waals surface area contributed by atoms with Crippen LogP contribution in [0.2, 0.25) is 0 Å². The zero-order chi connectivity index (χ0) is 13.4. The third-order valence-corrected chi connectivity index (χ3v) is 2.48. The highest BCUT2D eigenvalue weighted by Crippen LogP contribution is 2.24. The van der Waals surface area contributed by atoms with Crippen LogP contribution >= 0.6 is 0 Å². The van der Waals surface area contributed by atoms with Crippen molar-refractivity contribution in [3.8, 4) is 0 Å². The summed E-state index contributed by atoms with van der Waals surface area (Å²) in [5, 5.41) is 14.0. The molecule has 0 aliphatic heterocycles. The van der Waals surface area contributed by atoms with Crippen molar-refractivity contribution in [3.63, 3.8) is 0 Å². The predicted octanol–water partition coefficient (Wildman–Crippen LogP) is 3.13. The Hall–Kier alpha value is -1.62. The van der Waals surface area contributed by atoms with Gasteiger partial charge in [-0.1, -0.05) is 13.0 Å². The lowest BCUT2D eigenvalue weighted by atomic mass is 10.2. The number of aryl methyl sites for hydroxylation is 1. The Morgan fingerprint density at radius 1 is 1.39 bits per heavy atom. The van der Waals surface area contributed by atoms with E-state index in [1.54, 1.807) is 12.1 Å². The number of anilines is 1. The van der Waals surface area contributed by atoms with Crippen molar-refractivity contribution < 1.29 is 9.66 Å². The van der Waals surface area contributed by atoms with Crippen molar-refractivity contribution in [1.82, 2.24) is 0 Å². The summed E-state index contributed by atoms with van der Waals surface area (Å²) < 4.78 is 5.34. The summed E-state index contributed by atoms with van der Waals surface area (Å²) in [6.07, 6.45) is 1.85. The largest absolute Gasteiger partial charge is 0.381 e. The van der Waals surface area contributed by atoms with Crippen molar-refractivity contribution in [2.24, 2.45) is 0 Å². The maximum atomic E-state index is 10.9. The molecular weight excluding hydrogens is 232 g/mol. The van der Waals surface area contributed by atoms with Crippen molar-refractivity contribution in [2.45, 2.75) is 26.7 Å². The highest BCUT2D eigenvalue weighted by Gasteiger charge is 2.12. The molecule has 0 aliphatic rings. The van der Waals surface area contributed by atoms with Gasteiger partial charge in [-0.15, -0.1) is 0 Å². The van der Waals surface area contributed by atoms with Crippen molar-refractivity contribution >= 4 is 11.4 Å². The average molecular weight is 252 g/mol. The van der Waals surface area contributed by atoms with Crippen molar-refractivity contribution in [3.05, 3.63) is 33.9 Å². The molecule has 0 heterocycles. The van der Waals surface area contributed by atoms with Gasteiger partial charge in [0.05, 0.1) is 4.92 Å². The summed E-state index contributed by atoms with van der Waals surface area (Å²) in [6.45, 7) is 6.03. The van der Waals surface area contributed by atoms with Crippen LogP contribution in [-0.4, -0.2) is 24.7 Å². The van der Waals surface area contributed by atoms with E-state index in [2.05, 4.69) is 12.2 Å². The summed E-state index contributed by atoms with van der Waals surface area (Å²) in [5.74, 6) is 0. The third-order valence-electron chi connectivity index (χ3n) is 2.48. The van der Waals surface area contributed by atoms with E-state index in [1.165, 1.54) is 0 Å². The van der Waals surface area contributed by atoms with E-state index in [0.717, 1.165) is 25.0 Å². The van der Waals surface area contributed by atoms with E-state index < -0.39 is 0 Å². The minimum atomic E-state index is -0.358. The quantitative estimate of drug-likeness (QED) is 0.438. The van der Waals surface area contributed by atoms with Gasteiger partial charge in [0, 0.05) is 25.8 Å². The Bertz CT molecular complexity index is 394. The lowest BCUT2D eigenvalue weighted by Crippen LogP contribution is -2.07. The molecule has 0 unspecified atom stereocenters.